The molecule has 0 saturated heterocycles. The van der Waals surface area contributed by atoms with Crippen molar-refractivity contribution >= 4 is 11.6 Å². The van der Waals surface area contributed by atoms with Crippen molar-refractivity contribution in [3.63, 3.8) is 0 Å². The maximum Gasteiger partial charge on any atom is 0.0638 e. The minimum Gasteiger partial charge on any atom is -0.310 e. The molecule has 3 nitrogen and oxygen atoms in total. The van der Waals surface area contributed by atoms with Crippen molar-refractivity contribution in [1.82, 2.24) is 15.1 Å². The molecule has 4 heteroatoms. The van der Waals surface area contributed by atoms with E-state index in [0.29, 0.717) is 12.0 Å². The van der Waals surface area contributed by atoms with Crippen LogP contribution < -0.4 is 5.32 Å². The van der Waals surface area contributed by atoms with Crippen LogP contribution >= 0.6 is 11.6 Å². The molecule has 1 heterocycles. The Morgan fingerprint density at radius 1 is 1.40 bits per heavy atom. The molecule has 0 atom stereocenters. The first-order valence-electron chi connectivity index (χ1n) is 7.10. The van der Waals surface area contributed by atoms with Gasteiger partial charge in [-0.25, -0.2) is 0 Å². The molecule has 106 valence electrons. The lowest BCUT2D eigenvalue weighted by atomic mass is 9.76. The minimum absolute atomic E-state index is 0.610. The fourth-order valence-electron chi connectivity index (χ4n) is 2.89. The molecule has 1 N–H and O–H groups in total. The Labute approximate surface area is 124 Å². The van der Waals surface area contributed by atoms with Crippen molar-refractivity contribution in [2.75, 3.05) is 0 Å². The largest absolute Gasteiger partial charge is 0.310 e. The summed E-state index contributed by atoms with van der Waals surface area (Å²) in [6.45, 7) is 2.97. The molecule has 0 bridgehead atoms. The van der Waals surface area contributed by atoms with Crippen molar-refractivity contribution in [1.29, 1.82) is 0 Å². The molecule has 0 aliphatic heterocycles. The summed E-state index contributed by atoms with van der Waals surface area (Å²) in [7, 11) is 1.97. The normalized spacial score (nSPS) is 21.8. The molecule has 1 aliphatic rings. The zero-order valence-electron chi connectivity index (χ0n) is 11.9. The Bertz CT molecular complexity index is 600. The second-order valence-corrected chi connectivity index (χ2v) is 6.15. The second-order valence-electron chi connectivity index (χ2n) is 5.71. The van der Waals surface area contributed by atoms with Crippen molar-refractivity contribution in [3.05, 3.63) is 52.3 Å². The Morgan fingerprint density at radius 2 is 2.20 bits per heavy atom. The van der Waals surface area contributed by atoms with Gasteiger partial charge in [-0.2, -0.15) is 5.10 Å². The maximum absolute atomic E-state index is 6.04. The van der Waals surface area contributed by atoms with Gasteiger partial charge in [-0.3, -0.25) is 4.68 Å². The topological polar surface area (TPSA) is 29.9 Å². The Balaban J connectivity index is 1.50. The van der Waals surface area contributed by atoms with Crippen LogP contribution in [0.5, 0.6) is 0 Å². The van der Waals surface area contributed by atoms with Crippen LogP contribution in [-0.2, 0) is 13.6 Å². The summed E-state index contributed by atoms with van der Waals surface area (Å²) in [5.41, 5.74) is 3.78. The van der Waals surface area contributed by atoms with E-state index in [1.165, 1.54) is 24.0 Å². The predicted octanol–water partition coefficient (Wildman–Crippen LogP) is 3.42. The number of hydrogen-bond donors (Lipinski definition) is 1. The number of benzene rings is 1. The monoisotopic (exact) mass is 289 g/mol. The zero-order chi connectivity index (χ0) is 14.1. The molecular formula is C16H20ClN3. The van der Waals surface area contributed by atoms with Crippen LogP contribution in [0, 0.1) is 6.92 Å². The van der Waals surface area contributed by atoms with Crippen LogP contribution in [0.4, 0.5) is 0 Å². The first-order valence-corrected chi connectivity index (χ1v) is 7.47. The van der Waals surface area contributed by atoms with Crippen LogP contribution in [0.15, 0.2) is 30.5 Å². The molecule has 0 unspecified atom stereocenters. The Kier molecular flexibility index (Phi) is 3.81. The van der Waals surface area contributed by atoms with Crippen LogP contribution in [0.3, 0.4) is 0 Å². The van der Waals surface area contributed by atoms with Gasteiger partial charge < -0.3 is 5.32 Å². The highest BCUT2D eigenvalue weighted by atomic mass is 35.5. The number of rotatable bonds is 4. The number of nitrogens with zero attached hydrogens (tertiary/aromatic N) is 2. The van der Waals surface area contributed by atoms with Gasteiger partial charge in [-0.1, -0.05) is 23.7 Å². The highest BCUT2D eigenvalue weighted by Crippen LogP contribution is 2.37. The molecule has 20 heavy (non-hydrogen) atoms. The standard InChI is InChI=1S/C16H20ClN3/c1-11-14(10-20(2)19-11)9-18-16-7-13(8-16)12-4-3-5-15(17)6-12/h3-6,10,13,16,18H,7-9H2,1-2H3. The van der Waals surface area contributed by atoms with Crippen LogP contribution in [0.1, 0.15) is 35.6 Å². The van der Waals surface area contributed by atoms with E-state index in [1.54, 1.807) is 0 Å². The molecule has 1 aromatic heterocycles. The van der Waals surface area contributed by atoms with Crippen LogP contribution in [0.2, 0.25) is 5.02 Å². The molecule has 3 rings (SSSR count). The van der Waals surface area contributed by atoms with Crippen molar-refractivity contribution < 1.29 is 0 Å². The van der Waals surface area contributed by atoms with Crippen LogP contribution in [-0.4, -0.2) is 15.8 Å². The highest BCUT2D eigenvalue weighted by molar-refractivity contribution is 6.30. The van der Waals surface area contributed by atoms with Gasteiger partial charge in [0.25, 0.3) is 0 Å². The summed E-state index contributed by atoms with van der Waals surface area (Å²) in [5, 5.41) is 8.82. The molecule has 2 aromatic rings. The summed E-state index contributed by atoms with van der Waals surface area (Å²) in [4.78, 5) is 0. The van der Waals surface area contributed by atoms with Crippen molar-refractivity contribution in [2.24, 2.45) is 7.05 Å². The van der Waals surface area contributed by atoms with Gasteiger partial charge in [-0.15, -0.1) is 0 Å². The van der Waals surface area contributed by atoms with Gasteiger partial charge in [0.15, 0.2) is 0 Å². The molecular weight excluding hydrogens is 270 g/mol. The van der Waals surface area contributed by atoms with E-state index in [9.17, 15) is 0 Å². The third-order valence-corrected chi connectivity index (χ3v) is 4.39. The van der Waals surface area contributed by atoms with Crippen molar-refractivity contribution in [3.8, 4) is 0 Å². The fraction of sp³-hybridized carbons (Fsp3) is 0.438. The van der Waals surface area contributed by atoms with Gasteiger partial charge >= 0.3 is 0 Å². The molecule has 0 amide bonds. The van der Waals surface area contributed by atoms with Crippen LogP contribution in [0.25, 0.3) is 0 Å². The number of halogens is 1. The van der Waals surface area contributed by atoms with E-state index < -0.39 is 0 Å². The third-order valence-electron chi connectivity index (χ3n) is 4.15. The lowest BCUT2D eigenvalue weighted by Gasteiger charge is -2.36. The third kappa shape index (κ3) is 2.89. The van der Waals surface area contributed by atoms with E-state index in [0.717, 1.165) is 17.3 Å². The summed E-state index contributed by atoms with van der Waals surface area (Å²) in [6.07, 6.45) is 4.48. The average molecular weight is 290 g/mol. The van der Waals surface area contributed by atoms with E-state index in [-0.39, 0.29) is 0 Å². The van der Waals surface area contributed by atoms with E-state index in [1.807, 2.05) is 23.9 Å². The molecule has 0 spiro atoms. The number of aryl methyl sites for hydroxylation is 2. The highest BCUT2D eigenvalue weighted by Gasteiger charge is 2.29. The minimum atomic E-state index is 0.610. The fourth-order valence-corrected chi connectivity index (χ4v) is 3.09. The lowest BCUT2D eigenvalue weighted by molar-refractivity contribution is 0.289. The SMILES string of the molecule is Cc1nn(C)cc1CNC1CC(c2cccc(Cl)c2)C1. The molecule has 0 radical (unpaired) electrons. The summed E-state index contributed by atoms with van der Waals surface area (Å²) in [5.74, 6) is 0.654. The zero-order valence-corrected chi connectivity index (χ0v) is 12.7. The number of aromatic nitrogens is 2. The molecule has 1 fully saturated rings. The first kappa shape index (κ1) is 13.7. The van der Waals surface area contributed by atoms with Gasteiger partial charge in [0, 0.05) is 36.4 Å². The van der Waals surface area contributed by atoms with E-state index in [4.69, 9.17) is 11.6 Å². The predicted molar refractivity (Wildman–Crippen MR) is 82.0 cm³/mol. The van der Waals surface area contributed by atoms with Gasteiger partial charge in [0.05, 0.1) is 5.69 Å². The molecule has 1 aliphatic carbocycles. The van der Waals surface area contributed by atoms with Gasteiger partial charge in [-0.05, 0) is 43.4 Å². The second kappa shape index (κ2) is 5.58. The quantitative estimate of drug-likeness (QED) is 0.935. The van der Waals surface area contributed by atoms with Crippen molar-refractivity contribution in [2.45, 2.75) is 38.3 Å². The summed E-state index contributed by atoms with van der Waals surface area (Å²) >= 11 is 6.04. The Morgan fingerprint density at radius 3 is 2.85 bits per heavy atom. The average Bonchev–Trinajstić information content (AvgIpc) is 2.66. The Hall–Kier alpha value is -1.32. The van der Waals surface area contributed by atoms with Gasteiger partial charge in [0.2, 0.25) is 0 Å². The number of hydrogen-bond acceptors (Lipinski definition) is 2. The van der Waals surface area contributed by atoms with E-state index in [2.05, 4.69) is 35.7 Å². The molecule has 1 aromatic carbocycles. The lowest BCUT2D eigenvalue weighted by Crippen LogP contribution is -2.39. The first-order chi connectivity index (χ1) is 9.61. The van der Waals surface area contributed by atoms with Gasteiger partial charge in [0.1, 0.15) is 0 Å². The maximum atomic E-state index is 6.04. The number of nitrogens with one attached hydrogen (secondary N) is 1. The summed E-state index contributed by atoms with van der Waals surface area (Å²) < 4.78 is 1.88. The smallest absolute Gasteiger partial charge is 0.0638 e. The molecule has 1 saturated carbocycles. The summed E-state index contributed by atoms with van der Waals surface area (Å²) in [6, 6.07) is 8.85. The van der Waals surface area contributed by atoms with E-state index >= 15 is 0 Å².